The standard InChI is InChI=1S/C28H36O7/c1-13-11-18(34-24(31)14(13)2)15(3)27(32)10-8-16-21-17(12-20(30)25(16,27)4)26(5)19(29)7-6-9-28(26,33)23-22(21)35-23/h6-7,15-18,21-23,32-33H,8-12H2,1-5H3/t15-,16+,17+,18+,21+,22+,23+,25-,26+,27+,28+/m1/s1. The van der Waals surface area contributed by atoms with E-state index in [1.807, 2.05) is 27.7 Å². The first-order valence-corrected chi connectivity index (χ1v) is 13.0. The zero-order valence-corrected chi connectivity index (χ0v) is 21.2. The molecule has 2 aliphatic heterocycles. The van der Waals surface area contributed by atoms with Crippen molar-refractivity contribution >= 4 is 17.5 Å². The molecule has 7 nitrogen and oxygen atoms in total. The number of rotatable bonds is 2. The predicted molar refractivity (Wildman–Crippen MR) is 125 cm³/mol. The van der Waals surface area contributed by atoms with Crippen molar-refractivity contribution in [1.29, 1.82) is 0 Å². The van der Waals surface area contributed by atoms with E-state index < -0.39 is 40.2 Å². The van der Waals surface area contributed by atoms with E-state index in [2.05, 4.69) is 0 Å². The second kappa shape index (κ2) is 6.93. The molecule has 0 aromatic heterocycles. The summed E-state index contributed by atoms with van der Waals surface area (Å²) in [6.07, 6.45) is 4.19. The third-order valence-electron chi connectivity index (χ3n) is 11.6. The van der Waals surface area contributed by atoms with Crippen LogP contribution in [0.2, 0.25) is 0 Å². The van der Waals surface area contributed by atoms with Gasteiger partial charge in [0.05, 0.1) is 22.5 Å². The fourth-order valence-corrected chi connectivity index (χ4v) is 8.99. The minimum absolute atomic E-state index is 0.0637. The fraction of sp³-hybridized carbons (Fsp3) is 0.750. The second-order valence-electron chi connectivity index (χ2n) is 12.5. The number of carbonyl (C=O) groups excluding carboxylic acids is 3. The first-order valence-electron chi connectivity index (χ1n) is 13.0. The summed E-state index contributed by atoms with van der Waals surface area (Å²) in [7, 11) is 0. The van der Waals surface area contributed by atoms with Crippen LogP contribution < -0.4 is 0 Å². The summed E-state index contributed by atoms with van der Waals surface area (Å²) in [5.74, 6) is -1.60. The summed E-state index contributed by atoms with van der Waals surface area (Å²) in [4.78, 5) is 39.7. The minimum Gasteiger partial charge on any atom is -0.458 e. The van der Waals surface area contributed by atoms with Crippen molar-refractivity contribution < 1.29 is 34.1 Å². The average Bonchev–Trinajstić information content (AvgIpc) is 3.56. The number of Topliss-reactive ketones (excluding diaryl/α,β-unsaturated/α-hetero) is 1. The molecule has 11 atom stereocenters. The third kappa shape index (κ3) is 2.55. The molecule has 6 rings (SSSR count). The molecule has 4 aliphatic carbocycles. The van der Waals surface area contributed by atoms with Crippen molar-refractivity contribution in [3.05, 3.63) is 23.3 Å². The molecule has 190 valence electrons. The normalized spacial score (nSPS) is 53.4. The molecule has 0 radical (unpaired) electrons. The monoisotopic (exact) mass is 484 g/mol. The Labute approximate surface area is 205 Å². The number of allylic oxidation sites excluding steroid dienone is 1. The van der Waals surface area contributed by atoms with Crippen LogP contribution in [0.3, 0.4) is 0 Å². The molecule has 1 saturated heterocycles. The quantitative estimate of drug-likeness (QED) is 0.458. The number of ketones is 2. The Morgan fingerprint density at radius 3 is 2.46 bits per heavy atom. The van der Waals surface area contributed by atoms with Gasteiger partial charge in [0.2, 0.25) is 0 Å². The Kier molecular flexibility index (Phi) is 4.66. The zero-order valence-electron chi connectivity index (χ0n) is 21.2. The summed E-state index contributed by atoms with van der Waals surface area (Å²) >= 11 is 0. The van der Waals surface area contributed by atoms with E-state index in [1.54, 1.807) is 19.1 Å². The summed E-state index contributed by atoms with van der Waals surface area (Å²) in [6.45, 7) is 9.25. The van der Waals surface area contributed by atoms with E-state index in [9.17, 15) is 24.6 Å². The lowest BCUT2D eigenvalue weighted by molar-refractivity contribution is -0.201. The van der Waals surface area contributed by atoms with E-state index in [1.165, 1.54) is 0 Å². The molecule has 4 fully saturated rings. The number of esters is 1. The van der Waals surface area contributed by atoms with Crippen molar-refractivity contribution in [3.63, 3.8) is 0 Å². The van der Waals surface area contributed by atoms with Crippen molar-refractivity contribution in [2.75, 3.05) is 0 Å². The van der Waals surface area contributed by atoms with Crippen LogP contribution >= 0.6 is 0 Å². The second-order valence-corrected chi connectivity index (χ2v) is 12.5. The lowest BCUT2D eigenvalue weighted by Gasteiger charge is -2.60. The van der Waals surface area contributed by atoms with Crippen LogP contribution in [0.1, 0.15) is 66.7 Å². The topological polar surface area (TPSA) is 113 Å². The predicted octanol–water partition coefficient (Wildman–Crippen LogP) is 2.67. The van der Waals surface area contributed by atoms with Crippen LogP contribution in [-0.2, 0) is 23.9 Å². The minimum atomic E-state index is -1.34. The molecule has 2 N–H and O–H groups in total. The van der Waals surface area contributed by atoms with Crippen LogP contribution in [0.15, 0.2) is 23.3 Å². The van der Waals surface area contributed by atoms with Crippen LogP contribution in [0.5, 0.6) is 0 Å². The smallest absolute Gasteiger partial charge is 0.333 e. The van der Waals surface area contributed by atoms with Gasteiger partial charge in [-0.15, -0.1) is 0 Å². The zero-order chi connectivity index (χ0) is 25.3. The fourth-order valence-electron chi connectivity index (χ4n) is 8.99. The molecule has 0 amide bonds. The van der Waals surface area contributed by atoms with Crippen molar-refractivity contribution in [3.8, 4) is 0 Å². The lowest BCUT2D eigenvalue weighted by Crippen LogP contribution is -2.70. The number of ether oxygens (including phenoxy) is 2. The van der Waals surface area contributed by atoms with Gasteiger partial charge in [0, 0.05) is 24.3 Å². The van der Waals surface area contributed by atoms with E-state index in [0.717, 1.165) is 5.57 Å². The first kappa shape index (κ1) is 23.6. The lowest BCUT2D eigenvalue weighted by atomic mass is 9.42. The SMILES string of the molecule is CC1=C(C)C(=O)O[C@H]([C@@H](C)[C@@]2(O)CC[C@H]3[C@@H]4[C@@H]5O[C@@H]5[C@@]5(O)CC=CC(=O)[C@]5(C)[C@H]4CC(=O)[C@@]32C)C1. The van der Waals surface area contributed by atoms with Gasteiger partial charge in [0.1, 0.15) is 23.6 Å². The number of cyclic esters (lactones) is 1. The highest BCUT2D eigenvalue weighted by atomic mass is 16.6. The average molecular weight is 485 g/mol. The van der Waals surface area contributed by atoms with Crippen LogP contribution in [-0.4, -0.2) is 57.3 Å². The summed E-state index contributed by atoms with van der Waals surface area (Å²) in [6, 6.07) is 0. The molecule has 3 saturated carbocycles. The van der Waals surface area contributed by atoms with Crippen LogP contribution in [0, 0.1) is 34.5 Å². The highest BCUT2D eigenvalue weighted by Crippen LogP contribution is 2.71. The first-order chi connectivity index (χ1) is 16.3. The van der Waals surface area contributed by atoms with Gasteiger partial charge >= 0.3 is 5.97 Å². The number of aliphatic hydroxyl groups is 2. The Morgan fingerprint density at radius 1 is 1.06 bits per heavy atom. The van der Waals surface area contributed by atoms with E-state index in [0.29, 0.717) is 31.3 Å². The van der Waals surface area contributed by atoms with E-state index >= 15 is 0 Å². The molecule has 0 aromatic carbocycles. The molecule has 0 unspecified atom stereocenters. The van der Waals surface area contributed by atoms with Gasteiger partial charge in [-0.1, -0.05) is 18.6 Å². The molecule has 2 heterocycles. The van der Waals surface area contributed by atoms with Gasteiger partial charge < -0.3 is 19.7 Å². The van der Waals surface area contributed by atoms with Crippen LogP contribution in [0.4, 0.5) is 0 Å². The number of fused-ring (bicyclic) bond motifs is 8. The summed E-state index contributed by atoms with van der Waals surface area (Å²) < 4.78 is 11.8. The highest BCUT2D eigenvalue weighted by Gasteiger charge is 2.80. The number of carbonyl (C=O) groups is 3. The summed E-state index contributed by atoms with van der Waals surface area (Å²) in [5, 5.41) is 24.0. The molecular weight excluding hydrogens is 448 g/mol. The van der Waals surface area contributed by atoms with Gasteiger partial charge in [0.15, 0.2) is 5.78 Å². The van der Waals surface area contributed by atoms with Crippen molar-refractivity contribution in [2.24, 2.45) is 34.5 Å². The molecule has 0 spiro atoms. The maximum atomic E-state index is 14.1. The highest BCUT2D eigenvalue weighted by molar-refractivity contribution is 5.98. The molecule has 0 aromatic rings. The van der Waals surface area contributed by atoms with Crippen LogP contribution in [0.25, 0.3) is 0 Å². The molecule has 6 aliphatic rings. The maximum absolute atomic E-state index is 14.1. The molecule has 7 heteroatoms. The maximum Gasteiger partial charge on any atom is 0.333 e. The van der Waals surface area contributed by atoms with E-state index in [-0.39, 0.29) is 47.8 Å². The van der Waals surface area contributed by atoms with E-state index in [4.69, 9.17) is 9.47 Å². The molecule has 0 bridgehead atoms. The third-order valence-corrected chi connectivity index (χ3v) is 11.6. The molecular formula is C28H36O7. The van der Waals surface area contributed by atoms with Gasteiger partial charge in [-0.2, -0.15) is 0 Å². The van der Waals surface area contributed by atoms with Crippen molar-refractivity contribution in [1.82, 2.24) is 0 Å². The Hall–Kier alpha value is -1.83. The molecule has 35 heavy (non-hydrogen) atoms. The van der Waals surface area contributed by atoms with Gasteiger partial charge in [-0.25, -0.2) is 4.79 Å². The Balaban J connectivity index is 1.38. The van der Waals surface area contributed by atoms with Gasteiger partial charge in [-0.3, -0.25) is 9.59 Å². The number of hydrogen-bond acceptors (Lipinski definition) is 7. The largest absolute Gasteiger partial charge is 0.458 e. The van der Waals surface area contributed by atoms with Gasteiger partial charge in [0.25, 0.3) is 0 Å². The number of hydrogen-bond donors (Lipinski definition) is 2. The number of epoxide rings is 1. The summed E-state index contributed by atoms with van der Waals surface area (Å²) in [5.41, 5.74) is -3.22. The Morgan fingerprint density at radius 2 is 1.77 bits per heavy atom. The van der Waals surface area contributed by atoms with Gasteiger partial charge in [-0.05, 0) is 70.8 Å². The van der Waals surface area contributed by atoms with Crippen molar-refractivity contribution in [2.45, 2.75) is 96.2 Å². The Bertz CT molecular complexity index is 1110.